The lowest BCUT2D eigenvalue weighted by Crippen LogP contribution is -2.40. The molecule has 0 heterocycles. The highest BCUT2D eigenvalue weighted by atomic mass is 19.4. The maximum absolute atomic E-state index is 12.0. The zero-order chi connectivity index (χ0) is 12.3. The Morgan fingerprint density at radius 1 is 1.38 bits per heavy atom. The topological polar surface area (TPSA) is 46.3 Å². The Hall–Kier alpha value is -1.56. The fourth-order valence-electron chi connectivity index (χ4n) is 1.22. The molecule has 0 bridgehead atoms. The molecular formula is C10H11F3N2O. The van der Waals surface area contributed by atoms with Gasteiger partial charge in [0.2, 0.25) is 5.91 Å². The van der Waals surface area contributed by atoms with Gasteiger partial charge in [0, 0.05) is 0 Å². The summed E-state index contributed by atoms with van der Waals surface area (Å²) in [6.45, 7) is 1.66. The van der Waals surface area contributed by atoms with E-state index >= 15 is 0 Å². The highest BCUT2D eigenvalue weighted by Gasteiger charge is 2.33. The Balaban J connectivity index is 2.83. The van der Waals surface area contributed by atoms with Crippen molar-refractivity contribution in [3.63, 3.8) is 0 Å². The van der Waals surface area contributed by atoms with Crippen LogP contribution in [0.25, 0.3) is 0 Å². The van der Waals surface area contributed by atoms with E-state index in [1.165, 1.54) is 6.07 Å². The summed E-state index contributed by atoms with van der Waals surface area (Å²) >= 11 is 0. The predicted octanol–water partition coefficient (Wildman–Crippen LogP) is 2.15. The molecular weight excluding hydrogens is 221 g/mol. The van der Waals surface area contributed by atoms with Crippen molar-refractivity contribution >= 4 is 11.6 Å². The standard InChI is InChI=1S/C10H11F3N2O/c1-7-4-2-3-5-8(7)15(14)9(16)6-10(11,12)13/h2-5H,6,14H2,1H3. The molecule has 2 N–H and O–H groups in total. The Labute approximate surface area is 90.6 Å². The van der Waals surface area contributed by atoms with E-state index in [0.717, 1.165) is 0 Å². The average molecular weight is 232 g/mol. The van der Waals surface area contributed by atoms with Crippen molar-refractivity contribution in [3.8, 4) is 0 Å². The van der Waals surface area contributed by atoms with Crippen molar-refractivity contribution in [2.75, 3.05) is 5.01 Å². The number of aryl methyl sites for hydroxylation is 1. The number of rotatable bonds is 2. The second kappa shape index (κ2) is 4.52. The zero-order valence-electron chi connectivity index (χ0n) is 8.58. The largest absolute Gasteiger partial charge is 0.397 e. The van der Waals surface area contributed by atoms with Crippen LogP contribution in [-0.4, -0.2) is 12.1 Å². The molecule has 16 heavy (non-hydrogen) atoms. The third-order valence-electron chi connectivity index (χ3n) is 2.00. The number of nitrogens with zero attached hydrogens (tertiary/aromatic N) is 1. The molecule has 6 heteroatoms. The van der Waals surface area contributed by atoms with Crippen molar-refractivity contribution in [1.82, 2.24) is 0 Å². The van der Waals surface area contributed by atoms with Crippen LogP contribution in [0.15, 0.2) is 24.3 Å². The van der Waals surface area contributed by atoms with Gasteiger partial charge in [-0.15, -0.1) is 0 Å². The first kappa shape index (κ1) is 12.5. The second-order valence-electron chi connectivity index (χ2n) is 3.34. The lowest BCUT2D eigenvalue weighted by Gasteiger charge is -2.19. The van der Waals surface area contributed by atoms with Gasteiger partial charge in [0.05, 0.1) is 5.69 Å². The van der Waals surface area contributed by atoms with Gasteiger partial charge in [0.25, 0.3) is 0 Å². The molecule has 0 radical (unpaired) electrons. The van der Waals surface area contributed by atoms with Crippen LogP contribution in [0, 0.1) is 6.92 Å². The lowest BCUT2D eigenvalue weighted by molar-refractivity contribution is -0.151. The summed E-state index contributed by atoms with van der Waals surface area (Å²) in [5.41, 5.74) is 0.914. The third kappa shape index (κ3) is 3.23. The maximum atomic E-state index is 12.0. The second-order valence-corrected chi connectivity index (χ2v) is 3.34. The number of hydrazine groups is 1. The van der Waals surface area contributed by atoms with E-state index in [1.807, 2.05) is 0 Å². The van der Waals surface area contributed by atoms with E-state index in [2.05, 4.69) is 0 Å². The van der Waals surface area contributed by atoms with Crippen molar-refractivity contribution in [2.45, 2.75) is 19.5 Å². The zero-order valence-corrected chi connectivity index (χ0v) is 8.58. The van der Waals surface area contributed by atoms with Gasteiger partial charge < -0.3 is 0 Å². The van der Waals surface area contributed by atoms with Gasteiger partial charge in [0.15, 0.2) is 0 Å². The van der Waals surface area contributed by atoms with Crippen LogP contribution >= 0.6 is 0 Å². The summed E-state index contributed by atoms with van der Waals surface area (Å²) < 4.78 is 35.9. The fraction of sp³-hybridized carbons (Fsp3) is 0.300. The number of hydrogen-bond acceptors (Lipinski definition) is 2. The summed E-state index contributed by atoms with van der Waals surface area (Å²) in [5, 5.41) is 0.531. The minimum atomic E-state index is -4.54. The monoisotopic (exact) mass is 232 g/mol. The molecule has 0 saturated carbocycles. The quantitative estimate of drug-likeness (QED) is 0.482. The minimum absolute atomic E-state index is 0.275. The Bertz CT molecular complexity index is 390. The highest BCUT2D eigenvalue weighted by molar-refractivity contribution is 5.93. The van der Waals surface area contributed by atoms with Gasteiger partial charge in [-0.1, -0.05) is 18.2 Å². The average Bonchev–Trinajstić information content (AvgIpc) is 2.15. The summed E-state index contributed by atoms with van der Waals surface area (Å²) in [4.78, 5) is 11.2. The third-order valence-corrected chi connectivity index (χ3v) is 2.00. The fourth-order valence-corrected chi connectivity index (χ4v) is 1.22. The smallest absolute Gasteiger partial charge is 0.273 e. The number of amides is 1. The van der Waals surface area contributed by atoms with Crippen LogP contribution in [-0.2, 0) is 4.79 Å². The SMILES string of the molecule is Cc1ccccc1N(N)C(=O)CC(F)(F)F. The minimum Gasteiger partial charge on any atom is -0.273 e. The Kier molecular flexibility index (Phi) is 3.54. The first-order chi connectivity index (χ1) is 7.31. The molecule has 88 valence electrons. The van der Waals surface area contributed by atoms with Crippen LogP contribution in [0.2, 0.25) is 0 Å². The highest BCUT2D eigenvalue weighted by Crippen LogP contribution is 2.23. The summed E-state index contributed by atoms with van der Waals surface area (Å²) in [5.74, 6) is 4.15. The molecule has 1 rings (SSSR count). The van der Waals surface area contributed by atoms with Crippen LogP contribution in [0.4, 0.5) is 18.9 Å². The van der Waals surface area contributed by atoms with Gasteiger partial charge in [-0.25, -0.2) is 10.9 Å². The van der Waals surface area contributed by atoms with Gasteiger partial charge in [-0.2, -0.15) is 13.2 Å². The Morgan fingerprint density at radius 2 is 1.94 bits per heavy atom. The summed E-state index contributed by atoms with van der Waals surface area (Å²) in [7, 11) is 0. The van der Waals surface area contributed by atoms with E-state index < -0.39 is 18.5 Å². The first-order valence-electron chi connectivity index (χ1n) is 4.51. The predicted molar refractivity (Wildman–Crippen MR) is 53.5 cm³/mol. The van der Waals surface area contributed by atoms with Crippen molar-refractivity contribution < 1.29 is 18.0 Å². The van der Waals surface area contributed by atoms with Crippen molar-refractivity contribution in [3.05, 3.63) is 29.8 Å². The van der Waals surface area contributed by atoms with Gasteiger partial charge in [-0.05, 0) is 18.6 Å². The van der Waals surface area contributed by atoms with E-state index in [4.69, 9.17) is 5.84 Å². The molecule has 0 aromatic heterocycles. The summed E-state index contributed by atoms with van der Waals surface area (Å²) in [6, 6.07) is 6.46. The van der Waals surface area contributed by atoms with Crippen molar-refractivity contribution in [1.29, 1.82) is 0 Å². The molecule has 3 nitrogen and oxygen atoms in total. The molecule has 0 aliphatic heterocycles. The number of halogens is 3. The maximum Gasteiger partial charge on any atom is 0.397 e. The lowest BCUT2D eigenvalue weighted by atomic mass is 10.2. The number of alkyl halides is 3. The number of para-hydroxylation sites is 1. The Morgan fingerprint density at radius 3 is 2.44 bits per heavy atom. The molecule has 0 spiro atoms. The molecule has 0 atom stereocenters. The molecule has 1 aromatic rings. The van der Waals surface area contributed by atoms with Crippen LogP contribution in [0.1, 0.15) is 12.0 Å². The molecule has 1 amide bonds. The van der Waals surface area contributed by atoms with Gasteiger partial charge in [0.1, 0.15) is 6.42 Å². The van der Waals surface area contributed by atoms with Gasteiger partial charge in [-0.3, -0.25) is 4.79 Å². The molecule has 0 aliphatic rings. The summed E-state index contributed by atoms with van der Waals surface area (Å²) in [6.07, 6.45) is -6.10. The molecule has 0 saturated heterocycles. The van der Waals surface area contributed by atoms with Gasteiger partial charge >= 0.3 is 6.18 Å². The number of benzene rings is 1. The number of anilines is 1. The van der Waals surface area contributed by atoms with Crippen LogP contribution in [0.5, 0.6) is 0 Å². The van der Waals surface area contributed by atoms with E-state index in [-0.39, 0.29) is 5.69 Å². The molecule has 0 fully saturated rings. The first-order valence-corrected chi connectivity index (χ1v) is 4.51. The normalized spacial score (nSPS) is 11.3. The van der Waals surface area contributed by atoms with E-state index in [1.54, 1.807) is 25.1 Å². The van der Waals surface area contributed by atoms with Crippen LogP contribution in [0.3, 0.4) is 0 Å². The number of hydrogen-bond donors (Lipinski definition) is 1. The van der Waals surface area contributed by atoms with E-state index in [9.17, 15) is 18.0 Å². The van der Waals surface area contributed by atoms with Crippen LogP contribution < -0.4 is 10.9 Å². The number of nitrogens with two attached hydrogens (primary N) is 1. The molecule has 1 aromatic carbocycles. The molecule has 0 aliphatic carbocycles. The number of carbonyl (C=O) groups is 1. The number of carbonyl (C=O) groups excluding carboxylic acids is 1. The van der Waals surface area contributed by atoms with E-state index in [0.29, 0.717) is 10.6 Å². The molecule has 0 unspecified atom stereocenters. The van der Waals surface area contributed by atoms with Crippen molar-refractivity contribution in [2.24, 2.45) is 5.84 Å².